The zero-order valence-corrected chi connectivity index (χ0v) is 15.9. The lowest BCUT2D eigenvalue weighted by molar-refractivity contribution is -0.384. The van der Waals surface area contributed by atoms with Gasteiger partial charge in [-0.15, -0.1) is 0 Å². The van der Waals surface area contributed by atoms with Crippen LogP contribution in [0.4, 0.5) is 11.5 Å². The Morgan fingerprint density at radius 3 is 2.93 bits per heavy atom. The van der Waals surface area contributed by atoms with E-state index in [-0.39, 0.29) is 11.6 Å². The second-order valence-corrected chi connectivity index (χ2v) is 7.29. The Morgan fingerprint density at radius 2 is 2.24 bits per heavy atom. The van der Waals surface area contributed by atoms with Crippen molar-refractivity contribution in [3.05, 3.63) is 58.2 Å². The molecule has 1 aromatic carbocycles. The Morgan fingerprint density at radius 1 is 1.41 bits per heavy atom. The van der Waals surface area contributed by atoms with Crippen LogP contribution >= 0.6 is 0 Å². The highest BCUT2D eigenvalue weighted by Gasteiger charge is 2.30. The number of fused-ring (bicyclic) bond motifs is 1. The molecule has 1 saturated heterocycles. The summed E-state index contributed by atoms with van der Waals surface area (Å²) in [5, 5.41) is 31.9. The highest BCUT2D eigenvalue weighted by molar-refractivity contribution is 5.88. The number of pyridine rings is 1. The Hall–Kier alpha value is -3.51. The molecule has 0 saturated carbocycles. The number of aliphatic hydroxyl groups excluding tert-OH is 1. The van der Waals surface area contributed by atoms with E-state index in [0.717, 1.165) is 19.4 Å². The zero-order valence-electron chi connectivity index (χ0n) is 15.9. The molecule has 1 aliphatic rings. The number of nitriles is 1. The van der Waals surface area contributed by atoms with E-state index in [1.54, 1.807) is 18.3 Å². The normalized spacial score (nSPS) is 17.8. The van der Waals surface area contributed by atoms with Crippen molar-refractivity contribution in [2.75, 3.05) is 18.0 Å². The predicted octanol–water partition coefficient (Wildman–Crippen LogP) is 2.70. The van der Waals surface area contributed by atoms with Crippen molar-refractivity contribution in [3.63, 3.8) is 0 Å². The van der Waals surface area contributed by atoms with Crippen molar-refractivity contribution in [1.82, 2.24) is 14.5 Å². The summed E-state index contributed by atoms with van der Waals surface area (Å²) in [6.07, 6.45) is 4.55. The fourth-order valence-corrected chi connectivity index (χ4v) is 3.92. The highest BCUT2D eigenvalue weighted by atomic mass is 16.6. The van der Waals surface area contributed by atoms with Crippen LogP contribution in [-0.4, -0.2) is 37.7 Å². The van der Waals surface area contributed by atoms with Gasteiger partial charge in [0.15, 0.2) is 0 Å². The van der Waals surface area contributed by atoms with Gasteiger partial charge in [0.1, 0.15) is 17.7 Å². The standard InChI is InChI=1S/C20H20N6O3/c1-24-8-6-22-20(24)19(27)13-3-2-7-25(12-13)18-9-14(11-21)16-10-15(26(28)29)4-5-17(16)23-18/h4-6,8-10,13,19,27H,2-3,7,12H2,1H3. The number of nitro benzene ring substituents is 1. The van der Waals surface area contributed by atoms with Gasteiger partial charge in [-0.05, 0) is 25.0 Å². The molecule has 2 aromatic heterocycles. The van der Waals surface area contributed by atoms with Crippen molar-refractivity contribution < 1.29 is 10.0 Å². The molecule has 4 rings (SSSR count). The van der Waals surface area contributed by atoms with Crippen LogP contribution < -0.4 is 4.90 Å². The van der Waals surface area contributed by atoms with Gasteiger partial charge in [-0.3, -0.25) is 10.1 Å². The molecule has 0 aliphatic carbocycles. The number of benzene rings is 1. The molecule has 148 valence electrons. The average molecular weight is 392 g/mol. The number of nitro groups is 1. The monoisotopic (exact) mass is 392 g/mol. The molecule has 3 aromatic rings. The van der Waals surface area contributed by atoms with Crippen LogP contribution in [0.2, 0.25) is 0 Å². The number of piperidine rings is 1. The molecule has 9 heteroatoms. The molecule has 0 spiro atoms. The number of imidazole rings is 1. The largest absolute Gasteiger partial charge is 0.385 e. The van der Waals surface area contributed by atoms with Gasteiger partial charge in [-0.1, -0.05) is 0 Å². The molecule has 0 amide bonds. The summed E-state index contributed by atoms with van der Waals surface area (Å²) in [5.41, 5.74) is 0.816. The average Bonchev–Trinajstić information content (AvgIpc) is 3.17. The third-order valence-electron chi connectivity index (χ3n) is 5.46. The van der Waals surface area contributed by atoms with Crippen LogP contribution in [0.3, 0.4) is 0 Å². The van der Waals surface area contributed by atoms with Crippen LogP contribution in [0.1, 0.15) is 30.3 Å². The summed E-state index contributed by atoms with van der Waals surface area (Å²) in [6.45, 7) is 1.35. The number of rotatable bonds is 4. The number of hydrogen-bond acceptors (Lipinski definition) is 7. The van der Waals surface area contributed by atoms with E-state index in [4.69, 9.17) is 0 Å². The smallest absolute Gasteiger partial charge is 0.270 e. The van der Waals surface area contributed by atoms with Gasteiger partial charge in [0.2, 0.25) is 0 Å². The quantitative estimate of drug-likeness (QED) is 0.535. The van der Waals surface area contributed by atoms with E-state index < -0.39 is 11.0 Å². The number of hydrogen-bond donors (Lipinski definition) is 1. The Kier molecular flexibility index (Phi) is 4.86. The van der Waals surface area contributed by atoms with E-state index >= 15 is 0 Å². The third kappa shape index (κ3) is 3.50. The summed E-state index contributed by atoms with van der Waals surface area (Å²) in [6, 6.07) is 8.14. The molecular formula is C20H20N6O3. The zero-order chi connectivity index (χ0) is 20.5. The van der Waals surface area contributed by atoms with Crippen molar-refractivity contribution in [1.29, 1.82) is 5.26 Å². The van der Waals surface area contributed by atoms with Gasteiger partial charge in [-0.2, -0.15) is 5.26 Å². The first-order chi connectivity index (χ1) is 14.0. The van der Waals surface area contributed by atoms with Gasteiger partial charge in [0.05, 0.1) is 22.1 Å². The minimum absolute atomic E-state index is 0.00950. The molecule has 1 fully saturated rings. The summed E-state index contributed by atoms with van der Waals surface area (Å²) in [7, 11) is 1.86. The van der Waals surface area contributed by atoms with Crippen molar-refractivity contribution >= 4 is 22.4 Å². The second-order valence-electron chi connectivity index (χ2n) is 7.29. The van der Waals surface area contributed by atoms with E-state index in [1.807, 2.05) is 17.8 Å². The van der Waals surface area contributed by atoms with Crippen molar-refractivity contribution in [2.24, 2.45) is 13.0 Å². The summed E-state index contributed by atoms with van der Waals surface area (Å²) in [4.78, 5) is 21.5. The molecule has 2 unspecified atom stereocenters. The highest BCUT2D eigenvalue weighted by Crippen LogP contribution is 2.32. The summed E-state index contributed by atoms with van der Waals surface area (Å²) >= 11 is 0. The van der Waals surface area contributed by atoms with Crippen molar-refractivity contribution in [3.8, 4) is 6.07 Å². The van der Waals surface area contributed by atoms with Crippen LogP contribution in [0.25, 0.3) is 10.9 Å². The Balaban J connectivity index is 1.65. The number of nitrogens with zero attached hydrogens (tertiary/aromatic N) is 6. The lowest BCUT2D eigenvalue weighted by Gasteiger charge is -2.35. The SMILES string of the molecule is Cn1ccnc1C(O)C1CCCN(c2cc(C#N)c3cc([N+](=O)[O-])ccc3n2)C1. The molecule has 2 atom stereocenters. The number of anilines is 1. The summed E-state index contributed by atoms with van der Waals surface area (Å²) in [5.74, 6) is 1.26. The van der Waals surface area contributed by atoms with Gasteiger partial charge < -0.3 is 14.6 Å². The van der Waals surface area contributed by atoms with E-state index in [2.05, 4.69) is 20.9 Å². The maximum atomic E-state index is 11.0. The number of aromatic nitrogens is 3. The second kappa shape index (κ2) is 7.48. The van der Waals surface area contributed by atoms with Crippen LogP contribution in [0.5, 0.6) is 0 Å². The minimum Gasteiger partial charge on any atom is -0.385 e. The molecule has 0 radical (unpaired) electrons. The first-order valence-electron chi connectivity index (χ1n) is 9.37. The van der Waals surface area contributed by atoms with Crippen LogP contribution in [0, 0.1) is 27.4 Å². The molecule has 3 heterocycles. The predicted molar refractivity (Wildman–Crippen MR) is 106 cm³/mol. The van der Waals surface area contributed by atoms with Gasteiger partial charge >= 0.3 is 0 Å². The molecule has 1 N–H and O–H groups in total. The Bertz CT molecular complexity index is 1120. The first kappa shape index (κ1) is 18.8. The Labute approximate surface area is 167 Å². The fourth-order valence-electron chi connectivity index (χ4n) is 3.92. The maximum absolute atomic E-state index is 11.0. The third-order valence-corrected chi connectivity index (χ3v) is 5.46. The van der Waals surface area contributed by atoms with Crippen LogP contribution in [0.15, 0.2) is 36.7 Å². The molecule has 29 heavy (non-hydrogen) atoms. The fraction of sp³-hybridized carbons (Fsp3) is 0.350. The van der Waals surface area contributed by atoms with Gasteiger partial charge in [0, 0.05) is 56.0 Å². The van der Waals surface area contributed by atoms with Crippen molar-refractivity contribution in [2.45, 2.75) is 18.9 Å². The first-order valence-corrected chi connectivity index (χ1v) is 9.37. The minimum atomic E-state index is -0.684. The topological polar surface area (TPSA) is 121 Å². The lowest BCUT2D eigenvalue weighted by Crippen LogP contribution is -2.38. The van der Waals surface area contributed by atoms with E-state index in [0.29, 0.717) is 34.7 Å². The van der Waals surface area contributed by atoms with Crippen LogP contribution in [-0.2, 0) is 7.05 Å². The van der Waals surface area contributed by atoms with E-state index in [9.17, 15) is 20.5 Å². The number of non-ortho nitro benzene ring substituents is 1. The maximum Gasteiger partial charge on any atom is 0.270 e. The number of aliphatic hydroxyl groups is 1. The van der Waals surface area contributed by atoms with Gasteiger partial charge in [0.25, 0.3) is 5.69 Å². The molecule has 9 nitrogen and oxygen atoms in total. The number of aryl methyl sites for hydroxylation is 1. The van der Waals surface area contributed by atoms with E-state index in [1.165, 1.54) is 12.1 Å². The summed E-state index contributed by atoms with van der Waals surface area (Å²) < 4.78 is 1.82. The lowest BCUT2D eigenvalue weighted by atomic mass is 9.92. The molecule has 0 bridgehead atoms. The molecular weight excluding hydrogens is 372 g/mol. The molecule has 1 aliphatic heterocycles. The van der Waals surface area contributed by atoms with Gasteiger partial charge in [-0.25, -0.2) is 9.97 Å².